The molecule has 0 spiro atoms. The summed E-state index contributed by atoms with van der Waals surface area (Å²) in [5.41, 5.74) is 2.04. The van der Waals surface area contributed by atoms with E-state index in [1.54, 1.807) is 0 Å². The smallest absolute Gasteiger partial charge is 0.249 e. The van der Waals surface area contributed by atoms with Crippen LogP contribution in [-0.2, 0) is 0 Å². The Kier molecular flexibility index (Phi) is 1.80. The first-order valence-electron chi connectivity index (χ1n) is 5.69. The fourth-order valence-corrected chi connectivity index (χ4v) is 2.34. The molecule has 4 nitrogen and oxygen atoms in total. The molecule has 0 aliphatic heterocycles. The van der Waals surface area contributed by atoms with E-state index >= 15 is 0 Å². The Labute approximate surface area is 102 Å². The van der Waals surface area contributed by atoms with Crippen LogP contribution in [0.2, 0.25) is 0 Å². The number of fused-ring (bicyclic) bond motifs is 3. The van der Waals surface area contributed by atoms with Crippen LogP contribution in [-0.4, -0.2) is 15.2 Å². The Morgan fingerprint density at radius 1 is 1.00 bits per heavy atom. The van der Waals surface area contributed by atoms with Crippen LogP contribution in [0.5, 0.6) is 0 Å². The van der Waals surface area contributed by atoms with Crippen LogP contribution in [0.1, 0.15) is 0 Å². The molecule has 2 heterocycles. The highest BCUT2D eigenvalue weighted by molar-refractivity contribution is 6.09. The normalized spacial score (nSPS) is 11.3. The van der Waals surface area contributed by atoms with Crippen molar-refractivity contribution in [2.45, 2.75) is 0 Å². The molecule has 0 bridgehead atoms. The van der Waals surface area contributed by atoms with Gasteiger partial charge in [-0.3, -0.25) is 0 Å². The minimum Gasteiger partial charge on any atom is -0.423 e. The van der Waals surface area contributed by atoms with Crippen molar-refractivity contribution in [1.29, 1.82) is 0 Å². The summed E-state index contributed by atoms with van der Waals surface area (Å²) in [5, 5.41) is 11.2. The van der Waals surface area contributed by atoms with E-state index in [9.17, 15) is 0 Å². The van der Waals surface area contributed by atoms with Gasteiger partial charge < -0.3 is 9.40 Å². The Hall–Kier alpha value is -2.62. The number of nitrogens with one attached hydrogen (secondary N) is 1. The van der Waals surface area contributed by atoms with Gasteiger partial charge in [0.2, 0.25) is 12.3 Å². The Morgan fingerprint density at radius 3 is 2.83 bits per heavy atom. The highest BCUT2D eigenvalue weighted by Gasteiger charge is 2.11. The van der Waals surface area contributed by atoms with Crippen LogP contribution >= 0.6 is 0 Å². The first-order valence-corrected chi connectivity index (χ1v) is 5.69. The second kappa shape index (κ2) is 3.43. The zero-order valence-electron chi connectivity index (χ0n) is 9.42. The van der Waals surface area contributed by atoms with Crippen molar-refractivity contribution >= 4 is 21.7 Å². The largest absolute Gasteiger partial charge is 0.423 e. The first-order chi connectivity index (χ1) is 8.93. The Balaban J connectivity index is 2.12. The molecule has 0 saturated carbocycles. The molecule has 2 aromatic carbocycles. The third kappa shape index (κ3) is 1.20. The summed E-state index contributed by atoms with van der Waals surface area (Å²) in [4.78, 5) is 3.29. The molecular weight excluding hydrogens is 226 g/mol. The molecule has 0 unspecified atom stereocenters. The van der Waals surface area contributed by atoms with Crippen LogP contribution in [0.25, 0.3) is 33.1 Å². The number of benzene rings is 2. The second-order valence-corrected chi connectivity index (χ2v) is 4.16. The van der Waals surface area contributed by atoms with E-state index in [1.165, 1.54) is 17.2 Å². The monoisotopic (exact) mass is 235 g/mol. The third-order valence-corrected chi connectivity index (χ3v) is 3.17. The summed E-state index contributed by atoms with van der Waals surface area (Å²) in [6.07, 6.45) is 3.25. The van der Waals surface area contributed by atoms with Crippen LogP contribution in [0.3, 0.4) is 0 Å². The van der Waals surface area contributed by atoms with E-state index < -0.39 is 0 Å². The molecule has 0 radical (unpaired) electrons. The lowest BCUT2D eigenvalue weighted by atomic mass is 10.1. The summed E-state index contributed by atoms with van der Waals surface area (Å²) in [7, 11) is 0. The fraction of sp³-hybridized carbons (Fsp3) is 0. The molecule has 4 aromatic rings. The van der Waals surface area contributed by atoms with E-state index in [0.29, 0.717) is 5.89 Å². The maximum absolute atomic E-state index is 5.26. The van der Waals surface area contributed by atoms with Gasteiger partial charge in [-0.05, 0) is 5.39 Å². The molecule has 4 rings (SSSR count). The van der Waals surface area contributed by atoms with Gasteiger partial charge in [0, 0.05) is 17.0 Å². The quantitative estimate of drug-likeness (QED) is 0.550. The molecule has 0 atom stereocenters. The van der Waals surface area contributed by atoms with Gasteiger partial charge in [0.15, 0.2) is 0 Å². The lowest BCUT2D eigenvalue weighted by Crippen LogP contribution is -1.77. The Morgan fingerprint density at radius 2 is 1.94 bits per heavy atom. The van der Waals surface area contributed by atoms with Crippen molar-refractivity contribution < 1.29 is 4.42 Å². The zero-order valence-corrected chi connectivity index (χ0v) is 9.42. The highest BCUT2D eigenvalue weighted by Crippen LogP contribution is 2.31. The summed E-state index contributed by atoms with van der Waals surface area (Å²) < 4.78 is 5.26. The molecule has 4 heteroatoms. The molecule has 0 saturated heterocycles. The minimum absolute atomic E-state index is 0.538. The van der Waals surface area contributed by atoms with E-state index in [2.05, 4.69) is 39.4 Å². The fourth-order valence-electron chi connectivity index (χ4n) is 2.34. The number of rotatable bonds is 1. The molecule has 86 valence electrons. The maximum Gasteiger partial charge on any atom is 0.249 e. The standard InChI is InChI=1S/C14H9N3O/c1-2-4-10-9(3-1)5-6-11-12(7-15-13(10)11)14-17-16-8-18-14/h1-8,15H. The van der Waals surface area contributed by atoms with Crippen molar-refractivity contribution in [3.8, 4) is 11.5 Å². The maximum atomic E-state index is 5.26. The van der Waals surface area contributed by atoms with Gasteiger partial charge in [-0.2, -0.15) is 0 Å². The van der Waals surface area contributed by atoms with Gasteiger partial charge in [-0.25, -0.2) is 0 Å². The van der Waals surface area contributed by atoms with Crippen LogP contribution in [0.15, 0.2) is 53.4 Å². The first kappa shape index (κ1) is 9.41. The second-order valence-electron chi connectivity index (χ2n) is 4.16. The molecular formula is C14H9N3O. The van der Waals surface area contributed by atoms with Crippen molar-refractivity contribution in [2.24, 2.45) is 0 Å². The molecule has 0 aliphatic carbocycles. The summed E-state index contributed by atoms with van der Waals surface area (Å²) in [5.74, 6) is 0.538. The lowest BCUT2D eigenvalue weighted by Gasteiger charge is -1.99. The summed E-state index contributed by atoms with van der Waals surface area (Å²) in [6, 6.07) is 12.5. The van der Waals surface area contributed by atoms with Crippen molar-refractivity contribution in [1.82, 2.24) is 15.2 Å². The number of aromatic nitrogens is 3. The van der Waals surface area contributed by atoms with Crippen LogP contribution < -0.4 is 0 Å². The molecule has 18 heavy (non-hydrogen) atoms. The van der Waals surface area contributed by atoms with Gasteiger partial charge >= 0.3 is 0 Å². The minimum atomic E-state index is 0.538. The third-order valence-electron chi connectivity index (χ3n) is 3.17. The lowest BCUT2D eigenvalue weighted by molar-refractivity contribution is 0.569. The topological polar surface area (TPSA) is 54.7 Å². The number of H-pyrrole nitrogens is 1. The van der Waals surface area contributed by atoms with E-state index in [1.807, 2.05) is 18.3 Å². The SMILES string of the molecule is c1ccc2c(c1)ccc1c(-c3nnco3)c[nH]c12. The van der Waals surface area contributed by atoms with E-state index in [-0.39, 0.29) is 0 Å². The number of hydrogen-bond donors (Lipinski definition) is 1. The predicted octanol–water partition coefficient (Wildman–Crippen LogP) is 3.37. The van der Waals surface area contributed by atoms with Gasteiger partial charge in [0.1, 0.15) is 0 Å². The molecule has 0 fully saturated rings. The van der Waals surface area contributed by atoms with Gasteiger partial charge in [0.05, 0.1) is 11.1 Å². The molecule has 0 aliphatic rings. The van der Waals surface area contributed by atoms with Gasteiger partial charge in [-0.15, -0.1) is 10.2 Å². The molecule has 2 aromatic heterocycles. The van der Waals surface area contributed by atoms with Crippen LogP contribution in [0, 0.1) is 0 Å². The number of hydrogen-bond acceptors (Lipinski definition) is 3. The van der Waals surface area contributed by atoms with Crippen molar-refractivity contribution in [3.63, 3.8) is 0 Å². The van der Waals surface area contributed by atoms with Gasteiger partial charge in [-0.1, -0.05) is 36.4 Å². The summed E-state index contributed by atoms with van der Waals surface area (Å²) >= 11 is 0. The van der Waals surface area contributed by atoms with Gasteiger partial charge in [0.25, 0.3) is 0 Å². The number of aromatic amines is 1. The predicted molar refractivity (Wildman–Crippen MR) is 69.1 cm³/mol. The van der Waals surface area contributed by atoms with Crippen molar-refractivity contribution in [3.05, 3.63) is 49.0 Å². The Bertz CT molecular complexity index is 831. The molecule has 1 N–H and O–H groups in total. The zero-order chi connectivity index (χ0) is 11.9. The summed E-state index contributed by atoms with van der Waals surface area (Å²) in [6.45, 7) is 0. The molecule has 0 amide bonds. The average Bonchev–Trinajstić information content (AvgIpc) is 3.07. The number of nitrogens with zero attached hydrogens (tertiary/aromatic N) is 2. The van der Waals surface area contributed by atoms with E-state index in [0.717, 1.165) is 16.5 Å². The average molecular weight is 235 g/mol. The van der Waals surface area contributed by atoms with Crippen LogP contribution in [0.4, 0.5) is 0 Å². The van der Waals surface area contributed by atoms with E-state index in [4.69, 9.17) is 4.42 Å². The highest BCUT2D eigenvalue weighted by atomic mass is 16.4. The van der Waals surface area contributed by atoms with Crippen molar-refractivity contribution in [2.75, 3.05) is 0 Å².